The van der Waals surface area contributed by atoms with Crippen LogP contribution >= 0.6 is 0 Å². The van der Waals surface area contributed by atoms with Gasteiger partial charge in [0, 0.05) is 31.9 Å². The fourth-order valence-electron chi connectivity index (χ4n) is 4.25. The number of carbonyl (C=O) groups is 1. The summed E-state index contributed by atoms with van der Waals surface area (Å²) in [7, 11) is 0. The number of ether oxygens (including phenoxy) is 1. The van der Waals surface area contributed by atoms with Crippen LogP contribution in [0.4, 0.5) is 5.82 Å². The van der Waals surface area contributed by atoms with E-state index >= 15 is 0 Å². The molecule has 5 heteroatoms. The number of likely N-dealkylation sites (tertiary alicyclic amines) is 1. The van der Waals surface area contributed by atoms with Crippen LogP contribution in [0, 0.1) is 5.92 Å². The molecule has 0 aromatic carbocycles. The molecule has 2 aliphatic rings. The van der Waals surface area contributed by atoms with Crippen molar-refractivity contribution in [2.24, 2.45) is 5.92 Å². The number of nitrogens with zero attached hydrogens (tertiary/aromatic N) is 3. The van der Waals surface area contributed by atoms with Gasteiger partial charge in [-0.05, 0) is 71.0 Å². The van der Waals surface area contributed by atoms with E-state index in [1.54, 1.807) is 6.20 Å². The third kappa shape index (κ3) is 4.76. The Labute approximate surface area is 157 Å². The fraction of sp³-hybridized carbons (Fsp3) is 0.714. The zero-order valence-corrected chi connectivity index (χ0v) is 16.5. The second-order valence-corrected chi connectivity index (χ2v) is 8.12. The minimum Gasteiger partial charge on any atom is -0.459 e. The van der Waals surface area contributed by atoms with Gasteiger partial charge in [-0.1, -0.05) is 6.42 Å². The third-order valence-corrected chi connectivity index (χ3v) is 5.60. The molecule has 1 aromatic rings. The molecule has 144 valence electrons. The number of aromatic nitrogens is 1. The van der Waals surface area contributed by atoms with Crippen molar-refractivity contribution in [1.29, 1.82) is 0 Å². The summed E-state index contributed by atoms with van der Waals surface area (Å²) < 4.78 is 5.42. The molecule has 26 heavy (non-hydrogen) atoms. The highest BCUT2D eigenvalue weighted by atomic mass is 16.5. The lowest BCUT2D eigenvalue weighted by molar-refractivity contribution is 0.0378. The second kappa shape index (κ2) is 8.85. The third-order valence-electron chi connectivity index (χ3n) is 5.60. The first-order valence-corrected chi connectivity index (χ1v) is 10.2. The van der Waals surface area contributed by atoms with Crippen LogP contribution in [0.5, 0.6) is 0 Å². The van der Waals surface area contributed by atoms with Gasteiger partial charge in [0.05, 0.1) is 6.10 Å². The van der Waals surface area contributed by atoms with Crippen LogP contribution in [0.15, 0.2) is 18.3 Å². The Hall–Kier alpha value is -1.62. The quantitative estimate of drug-likeness (QED) is 0.750. The number of rotatable bonds is 5. The van der Waals surface area contributed by atoms with Crippen LogP contribution in [0.2, 0.25) is 0 Å². The van der Waals surface area contributed by atoms with Gasteiger partial charge in [0.2, 0.25) is 0 Å². The molecule has 2 fully saturated rings. The van der Waals surface area contributed by atoms with E-state index in [2.05, 4.69) is 21.7 Å². The van der Waals surface area contributed by atoms with Crippen LogP contribution < -0.4 is 4.90 Å². The molecule has 2 saturated heterocycles. The van der Waals surface area contributed by atoms with Crippen molar-refractivity contribution < 1.29 is 9.53 Å². The Morgan fingerprint density at radius 3 is 2.88 bits per heavy atom. The number of carbonyl (C=O) groups excluding carboxylic acids is 1. The number of pyridine rings is 1. The van der Waals surface area contributed by atoms with E-state index < -0.39 is 0 Å². The van der Waals surface area contributed by atoms with Gasteiger partial charge in [-0.25, -0.2) is 9.78 Å². The van der Waals surface area contributed by atoms with Gasteiger partial charge >= 0.3 is 5.97 Å². The van der Waals surface area contributed by atoms with Crippen LogP contribution in [0.3, 0.4) is 0 Å². The maximum absolute atomic E-state index is 12.5. The van der Waals surface area contributed by atoms with Crippen molar-refractivity contribution >= 4 is 11.8 Å². The predicted molar refractivity (Wildman–Crippen MR) is 105 cm³/mol. The van der Waals surface area contributed by atoms with Crippen molar-refractivity contribution in [2.75, 3.05) is 31.1 Å². The molecule has 0 saturated carbocycles. The van der Waals surface area contributed by atoms with Gasteiger partial charge in [-0.3, -0.25) is 0 Å². The molecule has 0 amide bonds. The summed E-state index contributed by atoms with van der Waals surface area (Å²) in [6, 6.07) is 4.35. The number of esters is 1. The van der Waals surface area contributed by atoms with Gasteiger partial charge in [-0.2, -0.15) is 0 Å². The molecular formula is C21H33N3O2. The summed E-state index contributed by atoms with van der Waals surface area (Å²) in [5.41, 5.74) is 0.591. The van der Waals surface area contributed by atoms with Crippen molar-refractivity contribution in [3.63, 3.8) is 0 Å². The van der Waals surface area contributed by atoms with E-state index in [-0.39, 0.29) is 12.1 Å². The first-order chi connectivity index (χ1) is 12.5. The number of anilines is 1. The molecule has 2 aliphatic heterocycles. The van der Waals surface area contributed by atoms with Crippen molar-refractivity contribution in [1.82, 2.24) is 9.88 Å². The van der Waals surface area contributed by atoms with E-state index in [0.717, 1.165) is 31.9 Å². The Kier molecular flexibility index (Phi) is 6.52. The first kappa shape index (κ1) is 19.2. The van der Waals surface area contributed by atoms with E-state index in [1.165, 1.54) is 32.2 Å². The maximum Gasteiger partial charge on any atom is 0.342 e. The zero-order valence-electron chi connectivity index (χ0n) is 16.5. The van der Waals surface area contributed by atoms with E-state index in [1.807, 2.05) is 26.0 Å². The van der Waals surface area contributed by atoms with Gasteiger partial charge in [-0.15, -0.1) is 0 Å². The minimum atomic E-state index is -0.269. The summed E-state index contributed by atoms with van der Waals surface area (Å²) in [4.78, 5) is 21.9. The molecule has 0 N–H and O–H groups in total. The largest absolute Gasteiger partial charge is 0.459 e. The smallest absolute Gasteiger partial charge is 0.342 e. The predicted octanol–water partition coefficient (Wildman–Crippen LogP) is 3.74. The Bertz CT molecular complexity index is 605. The van der Waals surface area contributed by atoms with Crippen molar-refractivity contribution in [2.45, 2.75) is 65.0 Å². The Morgan fingerprint density at radius 1 is 1.27 bits per heavy atom. The lowest BCUT2D eigenvalue weighted by atomic mass is 9.94. The molecule has 3 heterocycles. The monoisotopic (exact) mass is 359 g/mol. The molecule has 0 spiro atoms. The average molecular weight is 360 g/mol. The highest BCUT2D eigenvalue weighted by Crippen LogP contribution is 2.27. The number of hydrogen-bond acceptors (Lipinski definition) is 5. The first-order valence-electron chi connectivity index (χ1n) is 10.2. The lowest BCUT2D eigenvalue weighted by Crippen LogP contribution is -2.45. The highest BCUT2D eigenvalue weighted by molar-refractivity contribution is 5.94. The van der Waals surface area contributed by atoms with E-state index in [0.29, 0.717) is 17.5 Å². The van der Waals surface area contributed by atoms with Gasteiger partial charge in [0.25, 0.3) is 0 Å². The molecule has 2 atom stereocenters. The van der Waals surface area contributed by atoms with E-state index in [4.69, 9.17) is 4.74 Å². The second-order valence-electron chi connectivity index (χ2n) is 8.12. The number of piperidine rings is 2. The zero-order chi connectivity index (χ0) is 18.5. The van der Waals surface area contributed by atoms with Crippen LogP contribution in [0.25, 0.3) is 0 Å². The molecule has 0 aliphatic carbocycles. The topological polar surface area (TPSA) is 45.7 Å². The fourth-order valence-corrected chi connectivity index (χ4v) is 4.25. The average Bonchev–Trinajstić information content (AvgIpc) is 2.63. The molecule has 3 rings (SSSR count). The maximum atomic E-state index is 12.5. The Balaban J connectivity index is 1.68. The SMILES string of the molecule is CC(C)OC(=O)c1cccnc1N1CCCC(CN2CCCCC2C)C1. The standard InChI is InChI=1S/C21H33N3O2/c1-16(2)26-21(25)19-10-6-11-22-20(19)24-13-7-9-18(15-24)14-23-12-5-4-8-17(23)3/h6,10-11,16-18H,4-5,7-9,12-15H2,1-3H3. The van der Waals surface area contributed by atoms with Gasteiger partial charge in [0.15, 0.2) is 0 Å². The molecular weight excluding hydrogens is 326 g/mol. The molecule has 0 radical (unpaired) electrons. The summed E-state index contributed by atoms with van der Waals surface area (Å²) in [6.07, 6.45) is 8.08. The summed E-state index contributed by atoms with van der Waals surface area (Å²) in [6.45, 7) is 10.4. The molecule has 1 aromatic heterocycles. The summed E-state index contributed by atoms with van der Waals surface area (Å²) >= 11 is 0. The minimum absolute atomic E-state index is 0.120. The highest BCUT2D eigenvalue weighted by Gasteiger charge is 2.28. The van der Waals surface area contributed by atoms with Crippen LogP contribution in [0.1, 0.15) is 63.2 Å². The van der Waals surface area contributed by atoms with Gasteiger partial charge < -0.3 is 14.5 Å². The van der Waals surface area contributed by atoms with Crippen molar-refractivity contribution in [3.05, 3.63) is 23.9 Å². The summed E-state index contributed by atoms with van der Waals surface area (Å²) in [5.74, 6) is 1.16. The normalized spacial score (nSPS) is 24.7. The molecule has 0 bridgehead atoms. The lowest BCUT2D eigenvalue weighted by Gasteiger charge is -2.40. The van der Waals surface area contributed by atoms with Crippen molar-refractivity contribution in [3.8, 4) is 0 Å². The van der Waals surface area contributed by atoms with Crippen LogP contribution in [-0.4, -0.2) is 54.2 Å². The van der Waals surface area contributed by atoms with Crippen LogP contribution in [-0.2, 0) is 4.74 Å². The van der Waals surface area contributed by atoms with E-state index in [9.17, 15) is 4.79 Å². The van der Waals surface area contributed by atoms with Gasteiger partial charge in [0.1, 0.15) is 11.4 Å². The number of hydrogen-bond donors (Lipinski definition) is 0. The molecule has 2 unspecified atom stereocenters. The Morgan fingerprint density at radius 2 is 2.12 bits per heavy atom. The molecule has 5 nitrogen and oxygen atoms in total. The summed E-state index contributed by atoms with van der Waals surface area (Å²) in [5, 5.41) is 0.